The molecule has 170 valence electrons. The molecule has 0 radical (unpaired) electrons. The van der Waals surface area contributed by atoms with E-state index in [0.717, 1.165) is 35.6 Å². The SMILES string of the molecule is CN1CCC(c2ccc(Nc3ncc4ccc(-c5ccc(S(C)(=O)=O)cc5)n4n3)cc2)CC1. The Morgan fingerprint density at radius 1 is 0.939 bits per heavy atom. The fraction of sp³-hybridized carbons (Fsp3) is 0.280. The highest BCUT2D eigenvalue weighted by Crippen LogP contribution is 2.29. The van der Waals surface area contributed by atoms with E-state index in [2.05, 4.69) is 51.6 Å². The summed E-state index contributed by atoms with van der Waals surface area (Å²) in [5.41, 5.74) is 4.94. The molecule has 3 heterocycles. The van der Waals surface area contributed by atoms with Crippen LogP contribution in [0.4, 0.5) is 11.6 Å². The maximum absolute atomic E-state index is 11.7. The van der Waals surface area contributed by atoms with Crippen molar-refractivity contribution in [3.63, 3.8) is 0 Å². The minimum absolute atomic E-state index is 0.299. The Labute approximate surface area is 194 Å². The van der Waals surface area contributed by atoms with Gasteiger partial charge in [-0.3, -0.25) is 0 Å². The number of hydrogen-bond donors (Lipinski definition) is 1. The molecule has 0 amide bonds. The second kappa shape index (κ2) is 8.61. The topological polar surface area (TPSA) is 79.6 Å². The summed E-state index contributed by atoms with van der Waals surface area (Å²) in [5, 5.41) is 7.97. The number of benzene rings is 2. The largest absolute Gasteiger partial charge is 0.323 e. The number of hydrogen-bond acceptors (Lipinski definition) is 6. The van der Waals surface area contributed by atoms with Crippen LogP contribution in [0, 0.1) is 0 Å². The number of piperidine rings is 1. The van der Waals surface area contributed by atoms with Crippen LogP contribution in [-0.4, -0.2) is 54.3 Å². The first-order valence-corrected chi connectivity index (χ1v) is 13.0. The summed E-state index contributed by atoms with van der Waals surface area (Å²) in [4.78, 5) is 7.13. The van der Waals surface area contributed by atoms with Crippen LogP contribution in [0.3, 0.4) is 0 Å². The smallest absolute Gasteiger partial charge is 0.245 e. The molecular weight excluding hydrogens is 434 g/mol. The molecule has 0 atom stereocenters. The van der Waals surface area contributed by atoms with Crippen molar-refractivity contribution in [2.45, 2.75) is 23.7 Å². The molecule has 1 fully saturated rings. The van der Waals surface area contributed by atoms with Crippen molar-refractivity contribution in [1.82, 2.24) is 19.5 Å². The van der Waals surface area contributed by atoms with Crippen molar-refractivity contribution >= 4 is 27.0 Å². The molecule has 1 aliphatic rings. The van der Waals surface area contributed by atoms with Crippen LogP contribution in [-0.2, 0) is 9.84 Å². The first-order valence-electron chi connectivity index (χ1n) is 11.1. The molecule has 1 saturated heterocycles. The van der Waals surface area contributed by atoms with E-state index in [4.69, 9.17) is 0 Å². The molecule has 5 rings (SSSR count). The summed E-state index contributed by atoms with van der Waals surface area (Å²) >= 11 is 0. The third-order valence-electron chi connectivity index (χ3n) is 6.33. The van der Waals surface area contributed by atoms with Crippen molar-refractivity contribution in [1.29, 1.82) is 0 Å². The number of rotatable bonds is 5. The number of anilines is 2. The van der Waals surface area contributed by atoms with Gasteiger partial charge in [-0.15, -0.1) is 5.10 Å². The molecule has 2 aromatic heterocycles. The van der Waals surface area contributed by atoms with Crippen LogP contribution < -0.4 is 5.32 Å². The fourth-order valence-corrected chi connectivity index (χ4v) is 4.99. The van der Waals surface area contributed by atoms with E-state index in [1.807, 2.05) is 16.6 Å². The van der Waals surface area contributed by atoms with Gasteiger partial charge in [0.2, 0.25) is 5.95 Å². The van der Waals surface area contributed by atoms with Gasteiger partial charge in [-0.25, -0.2) is 17.9 Å². The van der Waals surface area contributed by atoms with Gasteiger partial charge in [0.05, 0.1) is 22.3 Å². The highest BCUT2D eigenvalue weighted by atomic mass is 32.2. The Kier molecular flexibility index (Phi) is 5.64. The van der Waals surface area contributed by atoms with Crippen LogP contribution in [0.25, 0.3) is 16.8 Å². The average molecular weight is 462 g/mol. The first-order chi connectivity index (χ1) is 15.9. The molecule has 1 aliphatic heterocycles. The predicted octanol–water partition coefficient (Wildman–Crippen LogP) is 4.35. The Morgan fingerprint density at radius 2 is 1.64 bits per heavy atom. The molecule has 0 bridgehead atoms. The van der Waals surface area contributed by atoms with Crippen LogP contribution in [0.1, 0.15) is 24.3 Å². The predicted molar refractivity (Wildman–Crippen MR) is 131 cm³/mol. The molecule has 0 spiro atoms. The number of nitrogens with zero attached hydrogens (tertiary/aromatic N) is 4. The Balaban J connectivity index is 1.36. The normalized spacial score (nSPS) is 15.7. The summed E-state index contributed by atoms with van der Waals surface area (Å²) in [7, 11) is -1.05. The van der Waals surface area contributed by atoms with E-state index in [-0.39, 0.29) is 0 Å². The van der Waals surface area contributed by atoms with Gasteiger partial charge in [-0.2, -0.15) is 0 Å². The molecule has 4 aromatic rings. The maximum Gasteiger partial charge on any atom is 0.245 e. The van der Waals surface area contributed by atoms with Gasteiger partial charge >= 0.3 is 0 Å². The van der Waals surface area contributed by atoms with Gasteiger partial charge in [0.15, 0.2) is 9.84 Å². The van der Waals surface area contributed by atoms with Crippen molar-refractivity contribution in [2.75, 3.05) is 31.7 Å². The molecule has 1 N–H and O–H groups in total. The molecule has 0 unspecified atom stereocenters. The number of sulfone groups is 1. The van der Waals surface area contributed by atoms with E-state index < -0.39 is 9.84 Å². The molecule has 8 heteroatoms. The second-order valence-electron chi connectivity index (χ2n) is 8.76. The van der Waals surface area contributed by atoms with E-state index in [9.17, 15) is 8.42 Å². The van der Waals surface area contributed by atoms with Gasteiger partial charge in [-0.1, -0.05) is 24.3 Å². The van der Waals surface area contributed by atoms with Crippen molar-refractivity contribution in [3.8, 4) is 11.3 Å². The van der Waals surface area contributed by atoms with Crippen LogP contribution in [0.5, 0.6) is 0 Å². The van der Waals surface area contributed by atoms with Gasteiger partial charge in [0.1, 0.15) is 0 Å². The molecular formula is C25H27N5O2S. The molecule has 7 nitrogen and oxygen atoms in total. The van der Waals surface area contributed by atoms with Crippen LogP contribution in [0.15, 0.2) is 71.8 Å². The van der Waals surface area contributed by atoms with Crippen molar-refractivity contribution in [3.05, 3.63) is 72.4 Å². The number of likely N-dealkylation sites (tertiary alicyclic amines) is 1. The second-order valence-corrected chi connectivity index (χ2v) is 10.8. The summed E-state index contributed by atoms with van der Waals surface area (Å²) in [5.74, 6) is 1.12. The zero-order chi connectivity index (χ0) is 23.0. The van der Waals surface area contributed by atoms with E-state index in [1.165, 1.54) is 24.7 Å². The minimum Gasteiger partial charge on any atom is -0.323 e. The molecule has 0 saturated carbocycles. The number of fused-ring (bicyclic) bond motifs is 1. The summed E-state index contributed by atoms with van der Waals surface area (Å²) in [6.07, 6.45) is 5.38. The third kappa shape index (κ3) is 4.62. The fourth-order valence-electron chi connectivity index (χ4n) is 4.36. The lowest BCUT2D eigenvalue weighted by Crippen LogP contribution is -2.29. The lowest BCUT2D eigenvalue weighted by Gasteiger charge is -2.29. The maximum atomic E-state index is 11.7. The first kappa shape index (κ1) is 21.6. The molecule has 0 aliphatic carbocycles. The summed E-state index contributed by atoms with van der Waals surface area (Å²) in [6.45, 7) is 2.30. The minimum atomic E-state index is -3.23. The molecule has 33 heavy (non-hydrogen) atoms. The van der Waals surface area contributed by atoms with Gasteiger partial charge in [0, 0.05) is 17.5 Å². The van der Waals surface area contributed by atoms with Crippen LogP contribution in [0.2, 0.25) is 0 Å². The van der Waals surface area contributed by atoms with Crippen molar-refractivity contribution < 1.29 is 8.42 Å². The standard InChI is InChI=1S/C25H27N5O2S/c1-29-15-13-19(14-16-29)18-3-7-21(8-4-18)27-25-26-17-22-9-12-24(30(22)28-25)20-5-10-23(11-6-20)33(2,31)32/h3-12,17,19H,13-16H2,1-2H3,(H,27,28). The number of nitrogens with one attached hydrogen (secondary N) is 1. The Hall–Kier alpha value is -3.23. The van der Waals surface area contributed by atoms with Crippen LogP contribution >= 0.6 is 0 Å². The lowest BCUT2D eigenvalue weighted by molar-refractivity contribution is 0.255. The van der Waals surface area contributed by atoms with Gasteiger partial charge in [0.25, 0.3) is 0 Å². The van der Waals surface area contributed by atoms with Crippen molar-refractivity contribution in [2.24, 2.45) is 0 Å². The Bertz CT molecular complexity index is 1370. The Morgan fingerprint density at radius 3 is 2.30 bits per heavy atom. The van der Waals surface area contributed by atoms with E-state index >= 15 is 0 Å². The summed E-state index contributed by atoms with van der Waals surface area (Å²) < 4.78 is 25.3. The van der Waals surface area contributed by atoms with E-state index in [1.54, 1.807) is 30.5 Å². The summed E-state index contributed by atoms with van der Waals surface area (Å²) in [6, 6.07) is 19.3. The van der Waals surface area contributed by atoms with Gasteiger partial charge in [-0.05, 0) is 80.9 Å². The number of aromatic nitrogens is 3. The zero-order valence-corrected chi connectivity index (χ0v) is 19.6. The monoisotopic (exact) mass is 461 g/mol. The highest BCUT2D eigenvalue weighted by molar-refractivity contribution is 7.90. The third-order valence-corrected chi connectivity index (χ3v) is 7.46. The quantitative estimate of drug-likeness (QED) is 0.476. The van der Waals surface area contributed by atoms with E-state index in [0.29, 0.717) is 16.8 Å². The molecule has 2 aromatic carbocycles. The highest BCUT2D eigenvalue weighted by Gasteiger charge is 2.18. The van der Waals surface area contributed by atoms with Gasteiger partial charge < -0.3 is 10.2 Å². The average Bonchev–Trinajstić information content (AvgIpc) is 3.23. The zero-order valence-electron chi connectivity index (χ0n) is 18.8. The lowest BCUT2D eigenvalue weighted by atomic mass is 9.89.